The highest BCUT2D eigenvalue weighted by molar-refractivity contribution is 6.06. The van der Waals surface area contributed by atoms with Crippen molar-refractivity contribution in [3.05, 3.63) is 82.4 Å². The van der Waals surface area contributed by atoms with Crippen molar-refractivity contribution in [1.29, 1.82) is 0 Å². The van der Waals surface area contributed by atoms with E-state index in [1.165, 1.54) is 30.3 Å². The third kappa shape index (κ3) is 6.33. The fourth-order valence-electron chi connectivity index (χ4n) is 4.66. The van der Waals surface area contributed by atoms with Crippen LogP contribution < -0.4 is 20.1 Å². The van der Waals surface area contributed by atoms with Gasteiger partial charge in [-0.3, -0.25) is 4.79 Å². The Bertz CT molecular complexity index is 1380. The molecule has 5 nitrogen and oxygen atoms in total. The number of carbonyl (C=O) groups is 1. The second-order valence-electron chi connectivity index (χ2n) is 9.92. The van der Waals surface area contributed by atoms with Crippen molar-refractivity contribution in [2.45, 2.75) is 50.7 Å². The molecule has 3 aromatic carbocycles. The van der Waals surface area contributed by atoms with Crippen LogP contribution in [0.2, 0.25) is 0 Å². The summed E-state index contributed by atoms with van der Waals surface area (Å²) in [6.07, 6.45) is -1.61. The van der Waals surface area contributed by atoms with Gasteiger partial charge in [0.05, 0.1) is 11.1 Å². The Morgan fingerprint density at radius 2 is 1.79 bits per heavy atom. The molecule has 1 saturated carbocycles. The molecule has 0 spiro atoms. The molecular weight excluding hydrogens is 519 g/mol. The first kappa shape index (κ1) is 26.9. The largest absolute Gasteiger partial charge is 0.489 e. The molecule has 1 atom stereocenters. The first-order chi connectivity index (χ1) is 18.6. The molecule has 10 heteroatoms. The molecule has 2 fully saturated rings. The molecule has 39 heavy (non-hydrogen) atoms. The van der Waals surface area contributed by atoms with Crippen LogP contribution in [0.15, 0.2) is 48.5 Å². The van der Waals surface area contributed by atoms with Crippen molar-refractivity contribution in [3.8, 4) is 17.2 Å². The molecule has 1 aliphatic heterocycles. The highest BCUT2D eigenvalue weighted by Gasteiger charge is 2.40. The predicted molar refractivity (Wildman–Crippen MR) is 136 cm³/mol. The lowest BCUT2D eigenvalue weighted by atomic mass is 9.98. The number of benzene rings is 3. The zero-order valence-corrected chi connectivity index (χ0v) is 21.1. The summed E-state index contributed by atoms with van der Waals surface area (Å²) in [5.74, 6) is -2.28. The number of anilines is 1. The third-order valence-corrected chi connectivity index (χ3v) is 6.87. The predicted octanol–water partition coefficient (Wildman–Crippen LogP) is 7.34. The van der Waals surface area contributed by atoms with Gasteiger partial charge in [-0.2, -0.15) is 13.2 Å². The maximum Gasteiger partial charge on any atom is 0.416 e. The molecule has 5 rings (SSSR count). The normalized spacial score (nSPS) is 17.2. The van der Waals surface area contributed by atoms with Crippen LogP contribution in [0.3, 0.4) is 0 Å². The van der Waals surface area contributed by atoms with E-state index in [0.717, 1.165) is 37.6 Å². The summed E-state index contributed by atoms with van der Waals surface area (Å²) in [7, 11) is 0. The van der Waals surface area contributed by atoms with Gasteiger partial charge in [0.2, 0.25) is 0 Å². The number of carbonyl (C=O) groups excluding carboxylic acids is 1. The minimum absolute atomic E-state index is 0.0480. The van der Waals surface area contributed by atoms with Gasteiger partial charge in [0.15, 0.2) is 11.6 Å². The number of rotatable bonds is 8. The van der Waals surface area contributed by atoms with Gasteiger partial charge in [-0.25, -0.2) is 8.78 Å². The van der Waals surface area contributed by atoms with Crippen molar-refractivity contribution in [2.75, 3.05) is 18.5 Å². The number of ether oxygens (including phenoxy) is 2. The fourth-order valence-corrected chi connectivity index (χ4v) is 4.66. The van der Waals surface area contributed by atoms with Gasteiger partial charge in [-0.15, -0.1) is 0 Å². The maximum absolute atomic E-state index is 14.4. The molecule has 1 amide bonds. The van der Waals surface area contributed by atoms with Gasteiger partial charge in [0.25, 0.3) is 5.91 Å². The van der Waals surface area contributed by atoms with Crippen LogP contribution >= 0.6 is 0 Å². The molecular formula is C29H27F5N2O3. The van der Waals surface area contributed by atoms with E-state index in [2.05, 4.69) is 10.6 Å². The molecule has 0 radical (unpaired) electrons. The van der Waals surface area contributed by atoms with Gasteiger partial charge in [-0.05, 0) is 98.7 Å². The van der Waals surface area contributed by atoms with Crippen LogP contribution in [0.5, 0.6) is 17.2 Å². The summed E-state index contributed by atoms with van der Waals surface area (Å²) in [4.78, 5) is 13.3. The molecule has 1 heterocycles. The summed E-state index contributed by atoms with van der Waals surface area (Å²) < 4.78 is 81.5. The SMILES string of the molecule is Cc1cc(F)ccc1Oc1cc(C2CC2)c(C(F)(F)F)cc1C(=O)Nc1ccc(F)c(OCC2CCCN2)c1. The number of hydrogen-bond donors (Lipinski definition) is 2. The van der Waals surface area contributed by atoms with Crippen LogP contribution in [0.4, 0.5) is 27.6 Å². The number of alkyl halides is 3. The second kappa shape index (κ2) is 10.8. The Kier molecular flexibility index (Phi) is 7.48. The van der Waals surface area contributed by atoms with Gasteiger partial charge in [0.1, 0.15) is 23.9 Å². The first-order valence-electron chi connectivity index (χ1n) is 12.7. The monoisotopic (exact) mass is 546 g/mol. The Morgan fingerprint density at radius 1 is 1.00 bits per heavy atom. The smallest absolute Gasteiger partial charge is 0.416 e. The minimum Gasteiger partial charge on any atom is -0.489 e. The van der Waals surface area contributed by atoms with E-state index in [1.54, 1.807) is 6.92 Å². The molecule has 3 aromatic rings. The summed E-state index contributed by atoms with van der Waals surface area (Å²) in [6, 6.07) is 9.54. The number of hydrogen-bond acceptors (Lipinski definition) is 4. The quantitative estimate of drug-likeness (QED) is 0.290. The van der Waals surface area contributed by atoms with Crippen molar-refractivity contribution in [1.82, 2.24) is 5.32 Å². The zero-order chi connectivity index (χ0) is 27.7. The number of aryl methyl sites for hydroxylation is 1. The lowest BCUT2D eigenvalue weighted by Gasteiger charge is -2.19. The van der Waals surface area contributed by atoms with Crippen molar-refractivity contribution in [2.24, 2.45) is 0 Å². The molecule has 206 valence electrons. The van der Waals surface area contributed by atoms with Crippen molar-refractivity contribution >= 4 is 11.6 Å². The fraction of sp³-hybridized carbons (Fsp3) is 0.345. The molecule has 1 saturated heterocycles. The maximum atomic E-state index is 14.4. The van der Waals surface area contributed by atoms with E-state index in [1.807, 2.05) is 0 Å². The molecule has 1 aliphatic carbocycles. The third-order valence-electron chi connectivity index (χ3n) is 6.87. The highest BCUT2D eigenvalue weighted by atomic mass is 19.4. The molecule has 2 N–H and O–H groups in total. The zero-order valence-electron chi connectivity index (χ0n) is 21.1. The lowest BCUT2D eigenvalue weighted by molar-refractivity contribution is -0.138. The standard InChI is InChI=1S/C29H27F5N2O3/c1-16-11-18(30)6-9-25(16)39-26-14-21(17-4-5-17)23(29(32,33)34)13-22(26)28(37)36-19-7-8-24(31)27(12-19)38-15-20-3-2-10-35-20/h6-9,11-14,17,20,35H,2-5,10,15H2,1H3,(H,36,37). The van der Waals surface area contributed by atoms with Crippen LogP contribution in [0.25, 0.3) is 0 Å². The molecule has 0 bridgehead atoms. The summed E-state index contributed by atoms with van der Waals surface area (Å²) in [6.45, 7) is 2.68. The van der Waals surface area contributed by atoms with E-state index in [0.29, 0.717) is 18.4 Å². The highest BCUT2D eigenvalue weighted by Crippen LogP contribution is 2.48. The van der Waals surface area contributed by atoms with Gasteiger partial charge >= 0.3 is 6.18 Å². The first-order valence-corrected chi connectivity index (χ1v) is 12.7. The Hall–Kier alpha value is -3.66. The minimum atomic E-state index is -4.69. The Balaban J connectivity index is 1.46. The van der Waals surface area contributed by atoms with E-state index >= 15 is 0 Å². The molecule has 0 aromatic heterocycles. The number of halogens is 5. The number of amides is 1. The van der Waals surface area contributed by atoms with Gasteiger partial charge < -0.3 is 20.1 Å². The lowest BCUT2D eigenvalue weighted by Crippen LogP contribution is -2.28. The van der Waals surface area contributed by atoms with Crippen molar-refractivity contribution in [3.63, 3.8) is 0 Å². The Labute approximate surface area is 222 Å². The molecule has 1 unspecified atom stereocenters. The number of nitrogens with one attached hydrogen (secondary N) is 2. The summed E-state index contributed by atoms with van der Waals surface area (Å²) in [5.41, 5.74) is -0.680. The van der Waals surface area contributed by atoms with E-state index in [9.17, 15) is 26.7 Å². The van der Waals surface area contributed by atoms with Crippen molar-refractivity contribution < 1.29 is 36.2 Å². The Morgan fingerprint density at radius 3 is 2.46 bits per heavy atom. The van der Waals surface area contributed by atoms with E-state index in [4.69, 9.17) is 9.47 Å². The van der Waals surface area contributed by atoms with E-state index in [-0.39, 0.29) is 52.6 Å². The summed E-state index contributed by atoms with van der Waals surface area (Å²) in [5, 5.41) is 5.78. The second-order valence-corrected chi connectivity index (χ2v) is 9.92. The van der Waals surface area contributed by atoms with Gasteiger partial charge in [-0.1, -0.05) is 0 Å². The average molecular weight is 547 g/mol. The van der Waals surface area contributed by atoms with Crippen LogP contribution in [0.1, 0.15) is 58.6 Å². The van der Waals surface area contributed by atoms with Gasteiger partial charge in [0, 0.05) is 17.8 Å². The van der Waals surface area contributed by atoms with Crippen LogP contribution in [-0.4, -0.2) is 25.1 Å². The average Bonchev–Trinajstić information content (AvgIpc) is 3.60. The topological polar surface area (TPSA) is 59.6 Å². The molecule has 2 aliphatic rings. The summed E-state index contributed by atoms with van der Waals surface area (Å²) >= 11 is 0. The van der Waals surface area contributed by atoms with Crippen LogP contribution in [-0.2, 0) is 6.18 Å². The van der Waals surface area contributed by atoms with E-state index < -0.39 is 29.3 Å². The van der Waals surface area contributed by atoms with Crippen LogP contribution in [0, 0.1) is 18.6 Å².